The van der Waals surface area contributed by atoms with Crippen LogP contribution in [0.3, 0.4) is 0 Å². The number of hydrogen-bond donors (Lipinski definition) is 2. The van der Waals surface area contributed by atoms with Crippen molar-refractivity contribution in [3.63, 3.8) is 0 Å². The monoisotopic (exact) mass is 502 g/mol. The maximum absolute atomic E-state index is 12.6. The van der Waals surface area contributed by atoms with Crippen molar-refractivity contribution in [2.45, 2.75) is 52.4 Å². The maximum atomic E-state index is 12.6. The van der Waals surface area contributed by atoms with Gasteiger partial charge in [0.15, 0.2) is 0 Å². The lowest BCUT2D eigenvalue weighted by molar-refractivity contribution is -0.112. The number of halogens is 1. The van der Waals surface area contributed by atoms with Crippen molar-refractivity contribution in [2.75, 3.05) is 5.32 Å². The number of nitrogens with zero attached hydrogens (tertiary/aromatic N) is 1. The minimum absolute atomic E-state index is 0.00829. The second kappa shape index (κ2) is 8.58. The van der Waals surface area contributed by atoms with Gasteiger partial charge in [-0.1, -0.05) is 41.5 Å². The van der Waals surface area contributed by atoms with Gasteiger partial charge in [0.1, 0.15) is 17.4 Å². The van der Waals surface area contributed by atoms with Gasteiger partial charge in [-0.25, -0.2) is 0 Å². The molecule has 0 atom stereocenters. The number of rotatable bonds is 3. The molecule has 5 heteroatoms. The first-order chi connectivity index (χ1) is 13.3. The first-order valence-corrected chi connectivity index (χ1v) is 10.5. The Kier molecular flexibility index (Phi) is 6.79. The summed E-state index contributed by atoms with van der Waals surface area (Å²) in [6.07, 6.45) is 1.58. The Labute approximate surface area is 186 Å². The molecule has 0 aliphatic carbocycles. The highest BCUT2D eigenvalue weighted by Gasteiger charge is 2.26. The van der Waals surface area contributed by atoms with E-state index in [-0.39, 0.29) is 22.2 Å². The van der Waals surface area contributed by atoms with E-state index < -0.39 is 5.91 Å². The van der Waals surface area contributed by atoms with E-state index in [0.29, 0.717) is 11.3 Å². The summed E-state index contributed by atoms with van der Waals surface area (Å²) >= 11 is 2.19. The molecule has 0 aliphatic heterocycles. The largest absolute Gasteiger partial charge is 0.507 e. The fourth-order valence-corrected chi connectivity index (χ4v) is 3.29. The second-order valence-corrected chi connectivity index (χ2v) is 10.3. The highest BCUT2D eigenvalue weighted by Crippen LogP contribution is 2.40. The third kappa shape index (κ3) is 5.83. The lowest BCUT2D eigenvalue weighted by atomic mass is 9.78. The molecule has 0 heterocycles. The number of aromatic hydroxyl groups is 1. The van der Waals surface area contributed by atoms with Crippen molar-refractivity contribution >= 4 is 40.3 Å². The molecule has 0 spiro atoms. The van der Waals surface area contributed by atoms with Gasteiger partial charge in [-0.2, -0.15) is 5.26 Å². The van der Waals surface area contributed by atoms with Crippen LogP contribution in [0.2, 0.25) is 0 Å². The van der Waals surface area contributed by atoms with Crippen molar-refractivity contribution in [3.8, 4) is 11.8 Å². The van der Waals surface area contributed by atoms with Crippen LogP contribution in [0.25, 0.3) is 6.08 Å². The van der Waals surface area contributed by atoms with Crippen LogP contribution in [0, 0.1) is 14.9 Å². The molecule has 0 aromatic heterocycles. The highest BCUT2D eigenvalue weighted by atomic mass is 127. The van der Waals surface area contributed by atoms with Crippen molar-refractivity contribution in [1.29, 1.82) is 5.26 Å². The molecule has 0 fully saturated rings. The summed E-state index contributed by atoms with van der Waals surface area (Å²) < 4.78 is 1.06. The molecule has 2 aromatic carbocycles. The summed E-state index contributed by atoms with van der Waals surface area (Å²) in [7, 11) is 0. The van der Waals surface area contributed by atoms with E-state index in [1.807, 2.05) is 71.9 Å². The SMILES string of the molecule is CC(C)(C)c1cc(/C=C(/C#N)C(=O)Nc2ccc(I)cc2)cc(C(C)(C)C)c1O. The van der Waals surface area contributed by atoms with E-state index in [0.717, 1.165) is 14.7 Å². The number of benzene rings is 2. The zero-order chi connectivity index (χ0) is 22.0. The van der Waals surface area contributed by atoms with Crippen molar-refractivity contribution in [1.82, 2.24) is 0 Å². The van der Waals surface area contributed by atoms with E-state index in [4.69, 9.17) is 0 Å². The zero-order valence-corrected chi connectivity index (χ0v) is 19.9. The van der Waals surface area contributed by atoms with Crippen LogP contribution < -0.4 is 5.32 Å². The van der Waals surface area contributed by atoms with Crippen LogP contribution >= 0.6 is 22.6 Å². The molecule has 4 nitrogen and oxygen atoms in total. The van der Waals surface area contributed by atoms with Crippen LogP contribution in [-0.4, -0.2) is 11.0 Å². The topological polar surface area (TPSA) is 73.1 Å². The smallest absolute Gasteiger partial charge is 0.266 e. The number of nitriles is 1. The predicted molar refractivity (Wildman–Crippen MR) is 127 cm³/mol. The van der Waals surface area contributed by atoms with Crippen LogP contribution in [0.5, 0.6) is 5.75 Å². The molecule has 0 saturated carbocycles. The lowest BCUT2D eigenvalue weighted by Crippen LogP contribution is -2.18. The van der Waals surface area contributed by atoms with E-state index in [1.165, 1.54) is 0 Å². The van der Waals surface area contributed by atoms with Gasteiger partial charge in [0, 0.05) is 20.4 Å². The number of nitrogens with one attached hydrogen (secondary N) is 1. The highest BCUT2D eigenvalue weighted by molar-refractivity contribution is 14.1. The minimum atomic E-state index is -0.462. The first kappa shape index (κ1) is 23.0. The van der Waals surface area contributed by atoms with Gasteiger partial charge >= 0.3 is 0 Å². The molecule has 2 aromatic rings. The van der Waals surface area contributed by atoms with Crippen molar-refractivity contribution in [2.24, 2.45) is 0 Å². The lowest BCUT2D eigenvalue weighted by Gasteiger charge is -2.28. The quantitative estimate of drug-likeness (QED) is 0.301. The fraction of sp³-hybridized carbons (Fsp3) is 0.333. The fourth-order valence-electron chi connectivity index (χ4n) is 2.93. The number of phenols is 1. The average Bonchev–Trinajstić information content (AvgIpc) is 2.60. The summed E-state index contributed by atoms with van der Waals surface area (Å²) in [5.41, 5.74) is 2.35. The van der Waals surface area contributed by atoms with Crippen LogP contribution in [-0.2, 0) is 15.6 Å². The molecule has 152 valence electrons. The Morgan fingerprint density at radius 1 is 1.03 bits per heavy atom. The Morgan fingerprint density at radius 3 is 1.93 bits per heavy atom. The van der Waals surface area contributed by atoms with Gasteiger partial charge in [0.25, 0.3) is 5.91 Å². The van der Waals surface area contributed by atoms with E-state index in [9.17, 15) is 15.2 Å². The molecule has 2 N–H and O–H groups in total. The molecule has 0 bridgehead atoms. The molecule has 2 rings (SSSR count). The Hall–Kier alpha value is -2.33. The predicted octanol–water partition coefficient (Wildman–Crippen LogP) is 6.14. The number of amides is 1. The van der Waals surface area contributed by atoms with Crippen molar-refractivity contribution < 1.29 is 9.90 Å². The summed E-state index contributed by atoms with van der Waals surface area (Å²) in [5, 5.41) is 23.2. The Balaban J connectivity index is 2.50. The number of hydrogen-bond acceptors (Lipinski definition) is 3. The van der Waals surface area contributed by atoms with Gasteiger partial charge in [-0.15, -0.1) is 0 Å². The normalized spacial score (nSPS) is 12.4. The molecule has 0 radical (unpaired) electrons. The van der Waals surface area contributed by atoms with E-state index in [2.05, 4.69) is 27.9 Å². The van der Waals surface area contributed by atoms with Gasteiger partial charge in [0.2, 0.25) is 0 Å². The summed E-state index contributed by atoms with van der Waals surface area (Å²) in [6, 6.07) is 13.1. The zero-order valence-electron chi connectivity index (χ0n) is 17.7. The van der Waals surface area contributed by atoms with Gasteiger partial charge in [0.05, 0.1) is 0 Å². The standard InChI is InChI=1S/C24H27IN2O2/c1-23(2,3)19-12-15(13-20(21(19)28)24(4,5)6)11-16(14-26)22(29)27-18-9-7-17(25)8-10-18/h7-13,28H,1-6H3,(H,27,29)/b16-11-. The third-order valence-corrected chi connectivity index (χ3v) is 5.25. The Morgan fingerprint density at radius 2 is 1.52 bits per heavy atom. The second-order valence-electron chi connectivity index (χ2n) is 9.10. The molecule has 1 amide bonds. The van der Waals surface area contributed by atoms with E-state index in [1.54, 1.807) is 18.2 Å². The van der Waals surface area contributed by atoms with Crippen molar-refractivity contribution in [3.05, 3.63) is 62.2 Å². The first-order valence-electron chi connectivity index (χ1n) is 9.39. The third-order valence-electron chi connectivity index (χ3n) is 4.53. The molecule has 0 saturated heterocycles. The molecular weight excluding hydrogens is 475 g/mol. The van der Waals surface area contributed by atoms with Gasteiger partial charge in [-0.3, -0.25) is 4.79 Å². The number of anilines is 1. The minimum Gasteiger partial charge on any atom is -0.507 e. The van der Waals surface area contributed by atoms with Crippen LogP contribution in [0.1, 0.15) is 58.2 Å². The average molecular weight is 502 g/mol. The van der Waals surface area contributed by atoms with Gasteiger partial charge < -0.3 is 10.4 Å². The molecule has 29 heavy (non-hydrogen) atoms. The van der Waals surface area contributed by atoms with E-state index >= 15 is 0 Å². The maximum Gasteiger partial charge on any atom is 0.266 e. The molecular formula is C24H27IN2O2. The van der Waals surface area contributed by atoms with Gasteiger partial charge in [-0.05, 0) is 81.5 Å². The summed E-state index contributed by atoms with van der Waals surface area (Å²) in [6.45, 7) is 12.1. The number of carbonyl (C=O) groups is 1. The molecule has 0 unspecified atom stereocenters. The Bertz CT molecular complexity index is 951. The van der Waals surface area contributed by atoms with Crippen LogP contribution in [0.4, 0.5) is 5.69 Å². The van der Waals surface area contributed by atoms with Crippen LogP contribution in [0.15, 0.2) is 42.0 Å². The number of phenolic OH excluding ortho intramolecular Hbond substituents is 1. The number of carbonyl (C=O) groups excluding carboxylic acids is 1. The summed E-state index contributed by atoms with van der Waals surface area (Å²) in [4.78, 5) is 12.6. The molecule has 0 aliphatic rings. The summed E-state index contributed by atoms with van der Waals surface area (Å²) in [5.74, 6) is -0.194.